The summed E-state index contributed by atoms with van der Waals surface area (Å²) >= 11 is 3.20. The van der Waals surface area contributed by atoms with Crippen molar-refractivity contribution >= 4 is 49.8 Å². The van der Waals surface area contributed by atoms with Crippen LogP contribution in [0.2, 0.25) is 0 Å². The number of amides is 4. The van der Waals surface area contributed by atoms with Gasteiger partial charge in [-0.2, -0.15) is 0 Å². The molecule has 4 N–H and O–H groups in total. The van der Waals surface area contributed by atoms with Gasteiger partial charge >= 0.3 is 6.09 Å². The van der Waals surface area contributed by atoms with Crippen LogP contribution in [0.1, 0.15) is 51.4 Å². The molecule has 1 saturated heterocycles. The van der Waals surface area contributed by atoms with E-state index in [1.165, 1.54) is 17.0 Å². The summed E-state index contributed by atoms with van der Waals surface area (Å²) in [7, 11) is -4.23. The van der Waals surface area contributed by atoms with Crippen molar-refractivity contribution in [1.82, 2.24) is 14.9 Å². The Balaban J connectivity index is 1.60. The first kappa shape index (κ1) is 28.1. The zero-order chi connectivity index (χ0) is 27.5. The van der Waals surface area contributed by atoms with Gasteiger partial charge in [-0.15, -0.1) is 0 Å². The molecule has 4 unspecified atom stereocenters. The molecule has 4 rings (SSSR count). The van der Waals surface area contributed by atoms with Crippen LogP contribution in [0.25, 0.3) is 0 Å². The monoisotopic (exact) mass is 610 g/mol. The Morgan fingerprint density at radius 1 is 1.13 bits per heavy atom. The fourth-order valence-corrected chi connectivity index (χ4v) is 7.15. The topological polar surface area (TPSA) is 165 Å². The number of hydrogen-bond acceptors (Lipinski definition) is 7. The van der Waals surface area contributed by atoms with Gasteiger partial charge in [-0.1, -0.05) is 30.7 Å². The summed E-state index contributed by atoms with van der Waals surface area (Å²) in [4.78, 5) is 52.8. The van der Waals surface area contributed by atoms with E-state index in [1.54, 1.807) is 12.1 Å². The minimum absolute atomic E-state index is 0.103. The Labute approximate surface area is 229 Å². The number of carbonyl (C=O) groups is 4. The van der Waals surface area contributed by atoms with Gasteiger partial charge in [0, 0.05) is 16.9 Å². The molecule has 0 spiro atoms. The maximum absolute atomic E-state index is 13.4. The number of nitrogens with one attached hydrogen (secondary N) is 2. The number of nitrogens with zero attached hydrogens (tertiary/aromatic N) is 1. The van der Waals surface area contributed by atoms with Gasteiger partial charge in [0.15, 0.2) is 6.10 Å². The summed E-state index contributed by atoms with van der Waals surface area (Å²) in [6.07, 6.45) is 5.91. The summed E-state index contributed by atoms with van der Waals surface area (Å²) in [5.41, 5.74) is 3.72. The van der Waals surface area contributed by atoms with Crippen molar-refractivity contribution in [3.05, 3.63) is 40.9 Å². The van der Waals surface area contributed by atoms with Crippen LogP contribution in [0, 0.1) is 5.92 Å². The van der Waals surface area contributed by atoms with E-state index in [0.29, 0.717) is 30.2 Å². The maximum Gasteiger partial charge on any atom is 0.405 e. The van der Waals surface area contributed by atoms with Crippen LogP contribution in [0.4, 0.5) is 4.79 Å². The number of carbonyl (C=O) groups excluding carboxylic acids is 4. The van der Waals surface area contributed by atoms with E-state index in [0.717, 1.165) is 12.8 Å². The summed E-state index contributed by atoms with van der Waals surface area (Å²) in [6, 6.07) is 5.22. The standard InChI is InChI=1S/C25H31BrN4O7S/c26-17-10-6-7-13-20(17)38(35,36)29-23(33)25-15-16(25)9-4-2-1-3-5-12-19(37-24(27)34)22(32)30-14-8-11-18(30)21(31)28-25/h4,6-7,9-10,13,16,18-19H,1-3,5,8,11-12,14-15H2,(H2,27,34)(H,28,31)(H,29,33)/b9-4+. The molecule has 1 aromatic rings. The Hall–Kier alpha value is -2.93. The largest absolute Gasteiger partial charge is 0.436 e. The summed E-state index contributed by atoms with van der Waals surface area (Å²) in [5, 5.41) is 2.77. The second-order valence-corrected chi connectivity index (χ2v) is 12.3. The van der Waals surface area contributed by atoms with E-state index in [4.69, 9.17) is 10.5 Å². The molecule has 0 aromatic heterocycles. The van der Waals surface area contributed by atoms with Crippen molar-refractivity contribution in [3.8, 4) is 0 Å². The average Bonchev–Trinajstić information content (AvgIpc) is 3.31. The lowest BCUT2D eigenvalue weighted by atomic mass is 10.1. The second kappa shape index (κ2) is 11.4. The van der Waals surface area contributed by atoms with E-state index < -0.39 is 57.4 Å². The molecule has 38 heavy (non-hydrogen) atoms. The predicted octanol–water partition coefficient (Wildman–Crippen LogP) is 2.10. The van der Waals surface area contributed by atoms with Crippen molar-refractivity contribution in [2.45, 2.75) is 73.9 Å². The van der Waals surface area contributed by atoms with Crippen molar-refractivity contribution < 1.29 is 32.3 Å². The van der Waals surface area contributed by atoms with Gasteiger partial charge < -0.3 is 20.7 Å². The number of benzene rings is 1. The third kappa shape index (κ3) is 6.04. The lowest BCUT2D eigenvalue weighted by Gasteiger charge is -2.29. The van der Waals surface area contributed by atoms with Gasteiger partial charge in [-0.3, -0.25) is 14.4 Å². The molecule has 206 valence electrons. The summed E-state index contributed by atoms with van der Waals surface area (Å²) in [5.74, 6) is -2.31. The van der Waals surface area contributed by atoms with Crippen molar-refractivity contribution in [1.29, 1.82) is 0 Å². The highest BCUT2D eigenvalue weighted by Gasteiger charge is 2.61. The number of fused-ring (bicyclic) bond motifs is 2. The van der Waals surface area contributed by atoms with E-state index in [9.17, 15) is 27.6 Å². The van der Waals surface area contributed by atoms with Crippen LogP contribution in [0.3, 0.4) is 0 Å². The lowest BCUT2D eigenvalue weighted by molar-refractivity contribution is -0.146. The highest BCUT2D eigenvalue weighted by Crippen LogP contribution is 2.46. The number of hydrogen-bond donors (Lipinski definition) is 3. The molecule has 4 amide bonds. The molecule has 1 saturated carbocycles. The van der Waals surface area contributed by atoms with Crippen LogP contribution in [0.5, 0.6) is 0 Å². The van der Waals surface area contributed by atoms with Crippen LogP contribution >= 0.6 is 15.9 Å². The predicted molar refractivity (Wildman–Crippen MR) is 140 cm³/mol. The van der Waals surface area contributed by atoms with Gasteiger partial charge in [0.05, 0.1) is 0 Å². The first-order valence-corrected chi connectivity index (χ1v) is 14.9. The molecule has 2 heterocycles. The molecule has 3 aliphatic rings. The Morgan fingerprint density at radius 2 is 1.89 bits per heavy atom. The van der Waals surface area contributed by atoms with Crippen LogP contribution < -0.4 is 15.8 Å². The molecule has 0 bridgehead atoms. The first-order valence-electron chi connectivity index (χ1n) is 12.6. The van der Waals surface area contributed by atoms with Crippen LogP contribution in [-0.4, -0.2) is 61.4 Å². The number of rotatable bonds is 4. The number of sulfonamides is 1. The molecule has 1 aromatic carbocycles. The third-order valence-electron chi connectivity index (χ3n) is 7.20. The van der Waals surface area contributed by atoms with Gasteiger partial charge in [0.2, 0.25) is 5.91 Å². The normalized spacial score (nSPS) is 29.1. The SMILES string of the molecule is NC(=O)OC1CCCCC/C=C/C2CC2(C(=O)NS(=O)(=O)c2ccccc2Br)NC(=O)C2CCCN2C1=O. The molecule has 2 fully saturated rings. The minimum Gasteiger partial charge on any atom is -0.436 e. The number of halogens is 1. The number of allylic oxidation sites excluding steroid dienone is 1. The third-order valence-corrected chi connectivity index (χ3v) is 9.54. The first-order chi connectivity index (χ1) is 18.0. The molecule has 2 aliphatic heterocycles. The van der Waals surface area contributed by atoms with E-state index in [1.807, 2.05) is 12.2 Å². The molecule has 13 heteroatoms. The molecular formula is C25H31BrN4O7S. The van der Waals surface area contributed by atoms with Crippen molar-refractivity contribution in [3.63, 3.8) is 0 Å². The van der Waals surface area contributed by atoms with Crippen LogP contribution in [-0.2, 0) is 29.1 Å². The van der Waals surface area contributed by atoms with E-state index >= 15 is 0 Å². The Morgan fingerprint density at radius 3 is 2.63 bits per heavy atom. The fraction of sp³-hybridized carbons (Fsp3) is 0.520. The zero-order valence-corrected chi connectivity index (χ0v) is 23.1. The fourth-order valence-electron chi connectivity index (χ4n) is 5.11. The smallest absolute Gasteiger partial charge is 0.405 e. The molecule has 4 atom stereocenters. The highest BCUT2D eigenvalue weighted by molar-refractivity contribution is 9.10. The van der Waals surface area contributed by atoms with Gasteiger partial charge in [-0.05, 0) is 73.0 Å². The molecular weight excluding hydrogens is 580 g/mol. The van der Waals surface area contributed by atoms with E-state index in [-0.39, 0.29) is 24.3 Å². The van der Waals surface area contributed by atoms with Gasteiger partial charge in [0.25, 0.3) is 21.8 Å². The highest BCUT2D eigenvalue weighted by atomic mass is 79.9. The van der Waals surface area contributed by atoms with Gasteiger partial charge in [0.1, 0.15) is 16.5 Å². The zero-order valence-electron chi connectivity index (χ0n) is 20.7. The lowest BCUT2D eigenvalue weighted by Crippen LogP contribution is -2.57. The molecule has 0 radical (unpaired) electrons. The number of ether oxygens (including phenoxy) is 1. The summed E-state index contributed by atoms with van der Waals surface area (Å²) in [6.45, 7) is 0.286. The number of nitrogens with two attached hydrogens (primary N) is 1. The maximum atomic E-state index is 13.4. The second-order valence-electron chi connectivity index (χ2n) is 9.82. The number of primary amides is 1. The summed E-state index contributed by atoms with van der Waals surface area (Å²) < 4.78 is 33.5. The molecule has 11 nitrogen and oxygen atoms in total. The Kier molecular flexibility index (Phi) is 8.46. The Bertz CT molecular complexity index is 1250. The van der Waals surface area contributed by atoms with Gasteiger partial charge in [-0.25, -0.2) is 17.9 Å². The average molecular weight is 612 g/mol. The van der Waals surface area contributed by atoms with E-state index in [2.05, 4.69) is 26.0 Å². The minimum atomic E-state index is -4.23. The van der Waals surface area contributed by atoms with Crippen LogP contribution in [0.15, 0.2) is 45.8 Å². The van der Waals surface area contributed by atoms with Crippen molar-refractivity contribution in [2.75, 3.05) is 6.54 Å². The quantitative estimate of drug-likeness (QED) is 0.439. The molecule has 1 aliphatic carbocycles. The van der Waals surface area contributed by atoms with Crippen molar-refractivity contribution in [2.24, 2.45) is 11.7 Å².